The second-order valence-corrected chi connectivity index (χ2v) is 7.63. The van der Waals surface area contributed by atoms with Crippen molar-refractivity contribution in [3.05, 3.63) is 42.2 Å². The topological polar surface area (TPSA) is 93.9 Å². The van der Waals surface area contributed by atoms with Crippen LogP contribution in [0.15, 0.2) is 41.8 Å². The zero-order chi connectivity index (χ0) is 17.0. The molecule has 1 N–H and O–H groups in total. The van der Waals surface area contributed by atoms with Crippen LogP contribution in [0.5, 0.6) is 0 Å². The van der Waals surface area contributed by atoms with Gasteiger partial charge < -0.3 is 9.88 Å². The van der Waals surface area contributed by atoms with E-state index in [0.717, 1.165) is 5.56 Å². The summed E-state index contributed by atoms with van der Waals surface area (Å²) in [6.07, 6.45) is 1.29. The molecule has 2 atom stereocenters. The summed E-state index contributed by atoms with van der Waals surface area (Å²) in [5.74, 6) is -0.458. The Morgan fingerprint density at radius 2 is 1.91 bits per heavy atom. The Morgan fingerprint density at radius 1 is 1.26 bits per heavy atom. The maximum atomic E-state index is 12.4. The van der Waals surface area contributed by atoms with Gasteiger partial charge in [0.1, 0.15) is 11.6 Å². The molecule has 1 aromatic carbocycles. The van der Waals surface area contributed by atoms with Crippen molar-refractivity contribution in [3.8, 4) is 0 Å². The standard InChI is InChI=1S/C15H20N4O3S/c1-11(13-7-5-4-6-8-13)9-16-14(20)12(2)23(21,22)15-18-17-10-19(15)3/h4-8,10-12H,9H2,1-3H3,(H,16,20). The molecule has 0 spiro atoms. The van der Waals surface area contributed by atoms with Crippen LogP contribution in [0, 0.1) is 0 Å². The van der Waals surface area contributed by atoms with Crippen molar-refractivity contribution >= 4 is 15.7 Å². The van der Waals surface area contributed by atoms with E-state index in [-0.39, 0.29) is 11.1 Å². The summed E-state index contributed by atoms with van der Waals surface area (Å²) < 4.78 is 26.1. The second kappa shape index (κ2) is 6.91. The van der Waals surface area contributed by atoms with E-state index in [0.29, 0.717) is 6.54 Å². The van der Waals surface area contributed by atoms with E-state index < -0.39 is 21.0 Å². The maximum absolute atomic E-state index is 12.4. The van der Waals surface area contributed by atoms with Gasteiger partial charge in [0.2, 0.25) is 20.9 Å². The molecule has 0 bridgehead atoms. The van der Waals surface area contributed by atoms with Gasteiger partial charge in [0, 0.05) is 13.6 Å². The summed E-state index contributed by atoms with van der Waals surface area (Å²) in [6, 6.07) is 9.71. The fourth-order valence-electron chi connectivity index (χ4n) is 2.13. The molecular formula is C15H20N4O3S. The van der Waals surface area contributed by atoms with Crippen molar-refractivity contribution in [2.75, 3.05) is 6.54 Å². The number of nitrogens with zero attached hydrogens (tertiary/aromatic N) is 3. The molecule has 0 fully saturated rings. The predicted octanol–water partition coefficient (Wildman–Crippen LogP) is 0.897. The zero-order valence-corrected chi connectivity index (χ0v) is 14.1. The molecule has 0 radical (unpaired) electrons. The molecule has 124 valence electrons. The first-order valence-corrected chi connectivity index (χ1v) is 8.79. The summed E-state index contributed by atoms with van der Waals surface area (Å²) in [6.45, 7) is 3.69. The third-order valence-corrected chi connectivity index (χ3v) is 5.73. The SMILES string of the molecule is CC(CNC(=O)C(C)S(=O)(=O)c1nncn1C)c1ccccc1. The highest BCUT2D eigenvalue weighted by Gasteiger charge is 2.33. The van der Waals surface area contributed by atoms with Gasteiger partial charge in [-0.05, 0) is 18.4 Å². The van der Waals surface area contributed by atoms with Crippen molar-refractivity contribution in [2.24, 2.45) is 7.05 Å². The van der Waals surface area contributed by atoms with Crippen molar-refractivity contribution in [1.29, 1.82) is 0 Å². The van der Waals surface area contributed by atoms with Crippen LogP contribution >= 0.6 is 0 Å². The van der Waals surface area contributed by atoms with Crippen molar-refractivity contribution in [3.63, 3.8) is 0 Å². The van der Waals surface area contributed by atoms with E-state index in [1.807, 2.05) is 37.3 Å². The number of nitrogens with one attached hydrogen (secondary N) is 1. The molecule has 0 aliphatic rings. The molecule has 0 saturated heterocycles. The molecule has 2 rings (SSSR count). The molecule has 1 amide bonds. The second-order valence-electron chi connectivity index (χ2n) is 5.47. The van der Waals surface area contributed by atoms with E-state index in [2.05, 4.69) is 15.5 Å². The minimum Gasteiger partial charge on any atom is -0.354 e. The summed E-state index contributed by atoms with van der Waals surface area (Å²) in [7, 11) is -2.34. The quantitative estimate of drug-likeness (QED) is 0.846. The molecule has 0 aliphatic heterocycles. The van der Waals surface area contributed by atoms with E-state index >= 15 is 0 Å². The third kappa shape index (κ3) is 3.76. The smallest absolute Gasteiger partial charge is 0.250 e. The van der Waals surface area contributed by atoms with Crippen LogP contribution in [0.2, 0.25) is 0 Å². The molecule has 2 aromatic rings. The Hall–Kier alpha value is -2.22. The van der Waals surface area contributed by atoms with Crippen molar-refractivity contribution in [2.45, 2.75) is 30.2 Å². The van der Waals surface area contributed by atoms with Crippen LogP contribution in [0.25, 0.3) is 0 Å². The molecule has 0 saturated carbocycles. The average Bonchev–Trinajstić information content (AvgIpc) is 2.99. The highest BCUT2D eigenvalue weighted by molar-refractivity contribution is 7.92. The zero-order valence-electron chi connectivity index (χ0n) is 13.3. The number of hydrogen-bond acceptors (Lipinski definition) is 5. The molecule has 23 heavy (non-hydrogen) atoms. The van der Waals surface area contributed by atoms with Crippen molar-refractivity contribution < 1.29 is 13.2 Å². The Morgan fingerprint density at radius 3 is 2.48 bits per heavy atom. The van der Waals surface area contributed by atoms with Gasteiger partial charge >= 0.3 is 0 Å². The highest BCUT2D eigenvalue weighted by atomic mass is 32.2. The first-order valence-electron chi connectivity index (χ1n) is 7.24. The number of rotatable bonds is 6. The van der Waals surface area contributed by atoms with E-state index in [1.165, 1.54) is 24.9 Å². The third-order valence-electron chi connectivity index (χ3n) is 3.71. The van der Waals surface area contributed by atoms with Gasteiger partial charge in [-0.25, -0.2) is 8.42 Å². The van der Waals surface area contributed by atoms with Crippen LogP contribution in [0.3, 0.4) is 0 Å². The summed E-state index contributed by atoms with van der Waals surface area (Å²) in [4.78, 5) is 12.2. The average molecular weight is 336 g/mol. The molecule has 8 heteroatoms. The van der Waals surface area contributed by atoms with Crippen molar-refractivity contribution in [1.82, 2.24) is 20.1 Å². The van der Waals surface area contributed by atoms with Gasteiger partial charge in [-0.1, -0.05) is 37.3 Å². The number of carbonyl (C=O) groups excluding carboxylic acids is 1. The number of benzene rings is 1. The monoisotopic (exact) mass is 336 g/mol. The Balaban J connectivity index is 2.02. The number of sulfone groups is 1. The Kier molecular flexibility index (Phi) is 5.15. The van der Waals surface area contributed by atoms with Crippen LogP contribution in [0.4, 0.5) is 0 Å². The fourth-order valence-corrected chi connectivity index (χ4v) is 3.42. The first-order chi connectivity index (χ1) is 10.8. The van der Waals surface area contributed by atoms with Crippen LogP contribution < -0.4 is 5.32 Å². The van der Waals surface area contributed by atoms with Crippen LogP contribution in [-0.4, -0.2) is 40.9 Å². The van der Waals surface area contributed by atoms with Crippen LogP contribution in [0.1, 0.15) is 25.3 Å². The molecule has 1 aromatic heterocycles. The molecule has 0 aliphatic carbocycles. The van der Waals surface area contributed by atoms with Gasteiger partial charge in [0.15, 0.2) is 0 Å². The largest absolute Gasteiger partial charge is 0.354 e. The number of amides is 1. The van der Waals surface area contributed by atoms with E-state index in [4.69, 9.17) is 0 Å². The number of carbonyl (C=O) groups is 1. The first kappa shape index (κ1) is 17.1. The maximum Gasteiger partial charge on any atom is 0.250 e. The van der Waals surface area contributed by atoms with E-state index in [9.17, 15) is 13.2 Å². The molecule has 2 unspecified atom stereocenters. The highest BCUT2D eigenvalue weighted by Crippen LogP contribution is 2.15. The van der Waals surface area contributed by atoms with E-state index in [1.54, 1.807) is 0 Å². The fraction of sp³-hybridized carbons (Fsp3) is 0.400. The lowest BCUT2D eigenvalue weighted by Crippen LogP contribution is -2.40. The number of aryl methyl sites for hydroxylation is 1. The molecule has 1 heterocycles. The lowest BCUT2D eigenvalue weighted by atomic mass is 10.0. The number of hydrogen-bond donors (Lipinski definition) is 1. The lowest BCUT2D eigenvalue weighted by molar-refractivity contribution is -0.120. The van der Waals surface area contributed by atoms with Gasteiger partial charge in [-0.15, -0.1) is 10.2 Å². The van der Waals surface area contributed by atoms with Gasteiger partial charge in [-0.3, -0.25) is 4.79 Å². The Bertz CT molecular complexity index is 771. The van der Waals surface area contributed by atoms with Gasteiger partial charge in [0.05, 0.1) is 0 Å². The summed E-state index contributed by atoms with van der Waals surface area (Å²) in [5.41, 5.74) is 1.08. The normalized spacial score (nSPS) is 14.2. The van der Waals surface area contributed by atoms with Crippen LogP contribution in [-0.2, 0) is 21.7 Å². The predicted molar refractivity (Wildman–Crippen MR) is 85.5 cm³/mol. The molecular weight excluding hydrogens is 316 g/mol. The van der Waals surface area contributed by atoms with Gasteiger partial charge in [-0.2, -0.15) is 0 Å². The number of aromatic nitrogens is 3. The Labute approximate surface area is 135 Å². The lowest BCUT2D eigenvalue weighted by Gasteiger charge is -2.16. The molecule has 7 nitrogen and oxygen atoms in total. The summed E-state index contributed by atoms with van der Waals surface area (Å²) in [5, 5.41) is 8.38. The minimum absolute atomic E-state index is 0.0879. The summed E-state index contributed by atoms with van der Waals surface area (Å²) >= 11 is 0. The minimum atomic E-state index is -3.86. The van der Waals surface area contributed by atoms with Gasteiger partial charge in [0.25, 0.3) is 0 Å².